The molecule has 0 aliphatic rings. The third-order valence-corrected chi connectivity index (χ3v) is 5.53. The van der Waals surface area contributed by atoms with Crippen LogP contribution < -0.4 is 20.4 Å². The third kappa shape index (κ3) is 4.95. The molecule has 0 aliphatic carbocycles. The van der Waals surface area contributed by atoms with Crippen LogP contribution in [-0.2, 0) is 6.42 Å². The van der Waals surface area contributed by atoms with Crippen molar-refractivity contribution in [3.8, 4) is 5.75 Å². The Kier molecular flexibility index (Phi) is 6.33. The molecule has 0 aliphatic heterocycles. The quantitative estimate of drug-likeness (QED) is 0.450. The lowest BCUT2D eigenvalue weighted by molar-refractivity contribution is 0.317. The van der Waals surface area contributed by atoms with Crippen LogP contribution >= 0.6 is 11.3 Å². The van der Waals surface area contributed by atoms with E-state index in [9.17, 15) is 9.59 Å². The van der Waals surface area contributed by atoms with Gasteiger partial charge in [-0.1, -0.05) is 72.9 Å². The average Bonchev–Trinajstić information content (AvgIpc) is 3.09. The van der Waals surface area contributed by atoms with E-state index < -0.39 is 5.56 Å². The zero-order valence-electron chi connectivity index (χ0n) is 17.0. The highest BCUT2D eigenvalue weighted by Crippen LogP contribution is 2.14. The van der Waals surface area contributed by atoms with Crippen LogP contribution in [-0.4, -0.2) is 21.2 Å². The molecule has 6 nitrogen and oxygen atoms in total. The van der Waals surface area contributed by atoms with Crippen LogP contribution in [0.25, 0.3) is 17.1 Å². The maximum atomic E-state index is 12.7. The van der Waals surface area contributed by atoms with Crippen molar-refractivity contribution < 1.29 is 4.74 Å². The van der Waals surface area contributed by atoms with Gasteiger partial charge in [0.1, 0.15) is 11.4 Å². The minimum absolute atomic E-state index is 0.237. The lowest BCUT2D eigenvalue weighted by Crippen LogP contribution is -2.27. The molecule has 2 aromatic heterocycles. The van der Waals surface area contributed by atoms with Gasteiger partial charge in [-0.25, -0.2) is 0 Å². The number of hydrogen-bond acceptors (Lipinski definition) is 6. The Morgan fingerprint density at radius 3 is 2.58 bits per heavy atom. The first-order chi connectivity index (χ1) is 15.1. The molecule has 0 spiro atoms. The minimum Gasteiger partial charge on any atom is -0.494 e. The molecule has 0 N–H and O–H groups in total. The van der Waals surface area contributed by atoms with E-state index in [2.05, 4.69) is 10.1 Å². The predicted molar refractivity (Wildman–Crippen MR) is 124 cm³/mol. The summed E-state index contributed by atoms with van der Waals surface area (Å²) < 4.78 is 7.26. The summed E-state index contributed by atoms with van der Waals surface area (Å²) in [4.78, 5) is 29.5. The molecule has 0 radical (unpaired) electrons. The molecular formula is C24H21N3O3S. The third-order valence-electron chi connectivity index (χ3n) is 4.55. The number of ether oxygens (including phenoxy) is 1. The molecule has 0 amide bonds. The van der Waals surface area contributed by atoms with Crippen LogP contribution in [0.3, 0.4) is 0 Å². The molecule has 2 aromatic carbocycles. The second kappa shape index (κ2) is 9.49. The monoisotopic (exact) mass is 431 g/mol. The smallest absolute Gasteiger partial charge is 0.296 e. The number of allylic oxidation sites excluding steroid dienone is 1. The Hall–Kier alpha value is -3.58. The van der Waals surface area contributed by atoms with Crippen LogP contribution in [0.4, 0.5) is 0 Å². The van der Waals surface area contributed by atoms with Gasteiger partial charge in [-0.3, -0.25) is 9.59 Å². The van der Waals surface area contributed by atoms with Crippen molar-refractivity contribution in [2.45, 2.75) is 19.8 Å². The van der Waals surface area contributed by atoms with Crippen molar-refractivity contribution >= 4 is 28.4 Å². The van der Waals surface area contributed by atoms with E-state index in [1.165, 1.54) is 4.52 Å². The molecule has 7 heteroatoms. The Balaban J connectivity index is 1.60. The second-order valence-electron chi connectivity index (χ2n) is 6.94. The van der Waals surface area contributed by atoms with E-state index in [0.29, 0.717) is 22.5 Å². The number of thiazole rings is 1. The normalized spacial score (nSPS) is 12.1. The fourth-order valence-electron chi connectivity index (χ4n) is 2.99. The Morgan fingerprint density at radius 2 is 1.84 bits per heavy atom. The van der Waals surface area contributed by atoms with Crippen LogP contribution in [0, 0.1) is 0 Å². The largest absolute Gasteiger partial charge is 0.494 e. The van der Waals surface area contributed by atoms with Crippen LogP contribution in [0.1, 0.15) is 30.2 Å². The van der Waals surface area contributed by atoms with E-state index in [-0.39, 0.29) is 11.3 Å². The molecule has 156 valence electrons. The average molecular weight is 432 g/mol. The first-order valence-corrected chi connectivity index (χ1v) is 10.8. The highest BCUT2D eigenvalue weighted by atomic mass is 32.1. The number of aromatic nitrogens is 3. The summed E-state index contributed by atoms with van der Waals surface area (Å²) in [5.74, 6) is 0.785. The van der Waals surface area contributed by atoms with Crippen LogP contribution in [0.5, 0.6) is 5.75 Å². The van der Waals surface area contributed by atoms with Crippen molar-refractivity contribution in [2.75, 3.05) is 6.61 Å². The molecule has 2 heterocycles. The summed E-state index contributed by atoms with van der Waals surface area (Å²) in [5.41, 5.74) is 1.47. The van der Waals surface area contributed by atoms with Gasteiger partial charge in [-0.05, 0) is 35.8 Å². The molecule has 0 fully saturated rings. The number of hydrogen-bond donors (Lipinski definition) is 0. The molecule has 0 saturated heterocycles. The molecule has 4 aromatic rings. The van der Waals surface area contributed by atoms with Crippen molar-refractivity contribution in [1.82, 2.24) is 14.6 Å². The zero-order valence-corrected chi connectivity index (χ0v) is 17.8. The minimum atomic E-state index is -0.418. The summed E-state index contributed by atoms with van der Waals surface area (Å²) in [7, 11) is 0. The summed E-state index contributed by atoms with van der Waals surface area (Å²) in [6, 6.07) is 17.3. The number of benzene rings is 2. The molecule has 4 rings (SSSR count). The van der Waals surface area contributed by atoms with E-state index >= 15 is 0 Å². The number of rotatable bonds is 7. The topological polar surface area (TPSA) is 73.6 Å². The summed E-state index contributed by atoms with van der Waals surface area (Å²) in [6.45, 7) is 2.71. The molecule has 0 atom stereocenters. The molecule has 31 heavy (non-hydrogen) atoms. The predicted octanol–water partition coefficient (Wildman–Crippen LogP) is 3.10. The fourth-order valence-corrected chi connectivity index (χ4v) is 3.85. The molecule has 0 unspecified atom stereocenters. The molecular weight excluding hydrogens is 410 g/mol. The summed E-state index contributed by atoms with van der Waals surface area (Å²) in [5, 5.41) is 4.29. The SMILES string of the molecule is CCCOc1ccc(Cc2nn3c(=O)/c(=C/C=C\c4ccccc4)sc3nc2=O)cc1. The fraction of sp³-hybridized carbons (Fsp3) is 0.167. The summed E-state index contributed by atoms with van der Waals surface area (Å²) in [6.07, 6.45) is 6.67. The maximum Gasteiger partial charge on any atom is 0.296 e. The molecule has 0 bridgehead atoms. The summed E-state index contributed by atoms with van der Waals surface area (Å²) >= 11 is 1.15. The lowest BCUT2D eigenvalue weighted by Gasteiger charge is -2.05. The van der Waals surface area contributed by atoms with E-state index in [1.807, 2.05) is 73.7 Å². The van der Waals surface area contributed by atoms with Crippen molar-refractivity contribution in [1.29, 1.82) is 0 Å². The van der Waals surface area contributed by atoms with Crippen LogP contribution in [0.15, 0.2) is 70.3 Å². The van der Waals surface area contributed by atoms with E-state index in [0.717, 1.165) is 34.6 Å². The van der Waals surface area contributed by atoms with Gasteiger partial charge < -0.3 is 4.74 Å². The molecule has 0 saturated carbocycles. The number of fused-ring (bicyclic) bond motifs is 1. The first-order valence-electron chi connectivity index (χ1n) is 10.0. The lowest BCUT2D eigenvalue weighted by atomic mass is 10.1. The zero-order chi connectivity index (χ0) is 21.6. The van der Waals surface area contributed by atoms with Crippen molar-refractivity contribution in [2.24, 2.45) is 0 Å². The van der Waals surface area contributed by atoms with Gasteiger partial charge in [-0.2, -0.15) is 14.6 Å². The Morgan fingerprint density at radius 1 is 1.06 bits per heavy atom. The number of nitrogens with zero attached hydrogens (tertiary/aromatic N) is 3. The van der Waals surface area contributed by atoms with Crippen LogP contribution in [0.2, 0.25) is 0 Å². The Bertz CT molecular complexity index is 1370. The van der Waals surface area contributed by atoms with E-state index in [4.69, 9.17) is 4.74 Å². The van der Waals surface area contributed by atoms with Gasteiger partial charge in [0.15, 0.2) is 0 Å². The van der Waals surface area contributed by atoms with Gasteiger partial charge in [0.2, 0.25) is 4.96 Å². The second-order valence-corrected chi connectivity index (χ2v) is 7.94. The van der Waals surface area contributed by atoms with E-state index in [1.54, 1.807) is 6.08 Å². The Labute approximate surface area is 182 Å². The maximum absolute atomic E-state index is 12.7. The standard InChI is InChI=1S/C24H21N3O3S/c1-2-15-30-19-13-11-18(12-14-19)16-20-22(28)25-24-27(26-20)23(29)21(31-24)10-6-9-17-7-4-3-5-8-17/h3-14H,2,15-16H2,1H3/b9-6-,21-10-. The van der Waals surface area contributed by atoms with Crippen molar-refractivity contribution in [3.63, 3.8) is 0 Å². The van der Waals surface area contributed by atoms with Gasteiger partial charge in [0.05, 0.1) is 11.1 Å². The van der Waals surface area contributed by atoms with Gasteiger partial charge in [0.25, 0.3) is 11.1 Å². The van der Waals surface area contributed by atoms with Crippen molar-refractivity contribution in [3.05, 3.63) is 103 Å². The highest BCUT2D eigenvalue weighted by molar-refractivity contribution is 7.15. The van der Waals surface area contributed by atoms with Gasteiger partial charge in [0, 0.05) is 6.42 Å². The van der Waals surface area contributed by atoms with Gasteiger partial charge >= 0.3 is 0 Å². The van der Waals surface area contributed by atoms with Gasteiger partial charge in [-0.15, -0.1) is 0 Å². The highest BCUT2D eigenvalue weighted by Gasteiger charge is 2.11. The first kappa shape index (κ1) is 20.7.